The maximum absolute atomic E-state index is 4.70. The van der Waals surface area contributed by atoms with E-state index in [4.69, 9.17) is 4.98 Å². The van der Waals surface area contributed by atoms with Crippen molar-refractivity contribution in [3.8, 4) is 0 Å². The van der Waals surface area contributed by atoms with Gasteiger partial charge in [0.05, 0.1) is 11.1 Å². The number of fused-ring (bicyclic) bond motifs is 1. The first-order valence-corrected chi connectivity index (χ1v) is 8.61. The van der Waals surface area contributed by atoms with Crippen molar-refractivity contribution >= 4 is 39.1 Å². The van der Waals surface area contributed by atoms with Crippen LogP contribution in [-0.2, 0) is 5.75 Å². The zero-order chi connectivity index (χ0) is 14.8. The molecule has 0 bridgehead atoms. The topological polar surface area (TPSA) is 37.8 Å². The zero-order valence-corrected chi connectivity index (χ0v) is 13.9. The van der Waals surface area contributed by atoms with E-state index in [1.54, 1.807) is 23.1 Å². The fraction of sp³-hybridized carbons (Fsp3) is 0.250. The van der Waals surface area contributed by atoms with Gasteiger partial charge in [0, 0.05) is 16.8 Å². The van der Waals surface area contributed by atoms with Crippen LogP contribution in [0.3, 0.4) is 0 Å². The lowest BCUT2D eigenvalue weighted by Gasteiger charge is -2.07. The predicted molar refractivity (Wildman–Crippen MR) is 92.4 cm³/mol. The maximum Gasteiger partial charge on any atom is 0.142 e. The maximum atomic E-state index is 4.70. The Kier molecular flexibility index (Phi) is 4.12. The van der Waals surface area contributed by atoms with Crippen LogP contribution >= 0.6 is 23.1 Å². The van der Waals surface area contributed by atoms with Crippen LogP contribution in [0, 0.1) is 13.8 Å². The second kappa shape index (κ2) is 6.03. The number of hydrogen-bond acceptors (Lipinski definition) is 5. The van der Waals surface area contributed by atoms with Crippen LogP contribution in [0.5, 0.6) is 0 Å². The van der Waals surface area contributed by atoms with Crippen molar-refractivity contribution in [3.63, 3.8) is 0 Å². The average molecular weight is 315 g/mol. The number of nitrogens with zero attached hydrogens (tertiary/aromatic N) is 2. The first-order valence-electron chi connectivity index (χ1n) is 6.80. The number of aromatic nitrogens is 2. The lowest BCUT2D eigenvalue weighted by molar-refractivity contribution is 1.07. The number of benzene rings is 1. The first kappa shape index (κ1) is 14.4. The largest absolute Gasteiger partial charge is 0.372 e. The second-order valence-corrected chi connectivity index (χ2v) is 7.12. The van der Waals surface area contributed by atoms with Crippen molar-refractivity contribution < 1.29 is 0 Å². The Bertz CT molecular complexity index is 780. The Morgan fingerprint density at radius 1 is 1.19 bits per heavy atom. The van der Waals surface area contributed by atoms with Crippen LogP contribution in [0.25, 0.3) is 10.2 Å². The van der Waals surface area contributed by atoms with Gasteiger partial charge in [-0.3, -0.25) is 0 Å². The predicted octanol–water partition coefficient (Wildman–Crippen LogP) is 4.64. The molecule has 108 valence electrons. The molecule has 0 fully saturated rings. The van der Waals surface area contributed by atoms with E-state index < -0.39 is 0 Å². The summed E-state index contributed by atoms with van der Waals surface area (Å²) in [6.07, 6.45) is 0. The fourth-order valence-electron chi connectivity index (χ4n) is 2.20. The van der Waals surface area contributed by atoms with E-state index in [-0.39, 0.29) is 0 Å². The van der Waals surface area contributed by atoms with Gasteiger partial charge in [0.15, 0.2) is 0 Å². The van der Waals surface area contributed by atoms with Crippen molar-refractivity contribution in [2.24, 2.45) is 0 Å². The summed E-state index contributed by atoms with van der Waals surface area (Å²) in [6, 6.07) is 10.6. The molecule has 2 aromatic heterocycles. The summed E-state index contributed by atoms with van der Waals surface area (Å²) in [5, 5.41) is 4.29. The van der Waals surface area contributed by atoms with Gasteiger partial charge in [-0.05, 0) is 31.5 Å². The van der Waals surface area contributed by atoms with Gasteiger partial charge in [0.1, 0.15) is 16.5 Å². The van der Waals surface area contributed by atoms with Crippen LogP contribution in [0.4, 0.5) is 5.82 Å². The Morgan fingerprint density at radius 2 is 2.00 bits per heavy atom. The van der Waals surface area contributed by atoms with E-state index in [1.165, 1.54) is 15.3 Å². The summed E-state index contributed by atoms with van der Waals surface area (Å²) in [5.41, 5.74) is 1.30. The standard InChI is InChI=1S/C16H17N3S2/c1-10-6-4-5-7-13(10)20-9-14-18-15(17-3)12-8-11(2)21-16(12)19-14/h4-8H,9H2,1-3H3,(H,17,18,19). The van der Waals surface area contributed by atoms with Gasteiger partial charge in [-0.15, -0.1) is 23.1 Å². The van der Waals surface area contributed by atoms with E-state index in [9.17, 15) is 0 Å². The third kappa shape index (κ3) is 3.04. The minimum atomic E-state index is 0.784. The van der Waals surface area contributed by atoms with Crippen LogP contribution in [0.1, 0.15) is 16.3 Å². The molecule has 3 aromatic rings. The number of thiophene rings is 1. The van der Waals surface area contributed by atoms with Crippen LogP contribution in [-0.4, -0.2) is 17.0 Å². The summed E-state index contributed by atoms with van der Waals surface area (Å²) in [7, 11) is 1.91. The van der Waals surface area contributed by atoms with Gasteiger partial charge >= 0.3 is 0 Å². The number of nitrogens with one attached hydrogen (secondary N) is 1. The fourth-order valence-corrected chi connectivity index (χ4v) is 3.98. The molecule has 1 N–H and O–H groups in total. The molecule has 3 rings (SSSR count). The molecule has 0 saturated carbocycles. The highest BCUT2D eigenvalue weighted by Crippen LogP contribution is 2.30. The molecule has 1 aromatic carbocycles. The average Bonchev–Trinajstić information content (AvgIpc) is 2.85. The number of thioether (sulfide) groups is 1. The van der Waals surface area contributed by atoms with Crippen molar-refractivity contribution in [1.29, 1.82) is 0 Å². The van der Waals surface area contributed by atoms with Gasteiger partial charge in [-0.2, -0.15) is 0 Å². The normalized spacial score (nSPS) is 11.0. The molecule has 0 aliphatic rings. The van der Waals surface area contributed by atoms with Gasteiger partial charge in [-0.1, -0.05) is 18.2 Å². The number of rotatable bonds is 4. The summed E-state index contributed by atoms with van der Waals surface area (Å²) in [4.78, 5) is 12.9. The summed E-state index contributed by atoms with van der Waals surface area (Å²) < 4.78 is 0. The highest BCUT2D eigenvalue weighted by atomic mass is 32.2. The third-order valence-electron chi connectivity index (χ3n) is 3.25. The van der Waals surface area contributed by atoms with E-state index >= 15 is 0 Å². The summed E-state index contributed by atoms with van der Waals surface area (Å²) >= 11 is 3.51. The van der Waals surface area contributed by atoms with Crippen LogP contribution in [0.15, 0.2) is 35.2 Å². The molecule has 0 radical (unpaired) electrons. The zero-order valence-electron chi connectivity index (χ0n) is 12.3. The number of anilines is 1. The minimum absolute atomic E-state index is 0.784. The Labute approximate surface area is 132 Å². The highest BCUT2D eigenvalue weighted by Gasteiger charge is 2.10. The van der Waals surface area contributed by atoms with Crippen LogP contribution in [0.2, 0.25) is 0 Å². The van der Waals surface area contributed by atoms with Crippen molar-refractivity contribution in [1.82, 2.24) is 9.97 Å². The first-order chi connectivity index (χ1) is 10.2. The molecule has 3 nitrogen and oxygen atoms in total. The molecule has 5 heteroatoms. The second-order valence-electron chi connectivity index (χ2n) is 4.87. The van der Waals surface area contributed by atoms with Gasteiger partial charge in [-0.25, -0.2) is 9.97 Å². The van der Waals surface area contributed by atoms with E-state index in [0.717, 1.165) is 27.6 Å². The molecule has 0 spiro atoms. The lowest BCUT2D eigenvalue weighted by Crippen LogP contribution is -1.99. The molecular weight excluding hydrogens is 298 g/mol. The van der Waals surface area contributed by atoms with Gasteiger partial charge in [0.25, 0.3) is 0 Å². The van der Waals surface area contributed by atoms with Crippen molar-refractivity contribution in [2.75, 3.05) is 12.4 Å². The Hall–Kier alpha value is -1.59. The molecule has 0 atom stereocenters. The molecule has 0 aliphatic heterocycles. The molecule has 0 aliphatic carbocycles. The monoisotopic (exact) mass is 315 g/mol. The summed E-state index contributed by atoms with van der Waals surface area (Å²) in [5.74, 6) is 2.58. The lowest BCUT2D eigenvalue weighted by atomic mass is 10.2. The molecule has 0 amide bonds. The van der Waals surface area contributed by atoms with Gasteiger partial charge in [0.2, 0.25) is 0 Å². The van der Waals surface area contributed by atoms with E-state index in [1.807, 2.05) is 7.05 Å². The van der Waals surface area contributed by atoms with E-state index in [2.05, 4.69) is 54.5 Å². The molecule has 0 saturated heterocycles. The Balaban J connectivity index is 1.89. The SMILES string of the molecule is CNc1nc(CSc2ccccc2C)nc2sc(C)cc12. The van der Waals surface area contributed by atoms with Crippen LogP contribution < -0.4 is 5.32 Å². The molecule has 21 heavy (non-hydrogen) atoms. The Morgan fingerprint density at radius 3 is 2.76 bits per heavy atom. The molecule has 0 unspecified atom stereocenters. The van der Waals surface area contributed by atoms with Crippen molar-refractivity contribution in [2.45, 2.75) is 24.5 Å². The third-order valence-corrected chi connectivity index (χ3v) is 5.37. The minimum Gasteiger partial charge on any atom is -0.372 e. The quantitative estimate of drug-likeness (QED) is 0.712. The highest BCUT2D eigenvalue weighted by molar-refractivity contribution is 7.98. The van der Waals surface area contributed by atoms with E-state index in [0.29, 0.717) is 0 Å². The molecular formula is C16H17N3S2. The number of hydrogen-bond donors (Lipinski definition) is 1. The summed E-state index contributed by atoms with van der Waals surface area (Å²) in [6.45, 7) is 4.24. The number of aryl methyl sites for hydroxylation is 2. The molecule has 2 heterocycles. The van der Waals surface area contributed by atoms with Crippen molar-refractivity contribution in [3.05, 3.63) is 46.6 Å². The smallest absolute Gasteiger partial charge is 0.142 e. The van der Waals surface area contributed by atoms with Gasteiger partial charge < -0.3 is 5.32 Å².